The van der Waals surface area contributed by atoms with Crippen LogP contribution in [0.25, 0.3) is 0 Å². The number of nitrogens with one attached hydrogen (secondary N) is 2. The first-order valence-corrected chi connectivity index (χ1v) is 11.5. The van der Waals surface area contributed by atoms with Crippen molar-refractivity contribution in [2.75, 3.05) is 30.4 Å². The molecule has 0 atom stereocenters. The van der Waals surface area contributed by atoms with Crippen LogP contribution in [0.1, 0.15) is 5.56 Å². The Balaban J connectivity index is 1.27. The van der Waals surface area contributed by atoms with E-state index < -0.39 is 0 Å². The van der Waals surface area contributed by atoms with Gasteiger partial charge in [-0.3, -0.25) is 4.79 Å². The van der Waals surface area contributed by atoms with Crippen molar-refractivity contribution < 1.29 is 19.0 Å². The fourth-order valence-electron chi connectivity index (χ4n) is 3.37. The van der Waals surface area contributed by atoms with Crippen LogP contribution in [0.4, 0.5) is 11.4 Å². The largest absolute Gasteiger partial charge is 0.490 e. The molecule has 0 aliphatic heterocycles. The van der Waals surface area contributed by atoms with Crippen LogP contribution in [0, 0.1) is 0 Å². The number of ether oxygens (including phenoxy) is 3. The highest BCUT2D eigenvalue weighted by molar-refractivity contribution is 5.95. The Hall–Kier alpha value is -4.45. The summed E-state index contributed by atoms with van der Waals surface area (Å²) in [7, 11) is 0. The van der Waals surface area contributed by atoms with E-state index in [4.69, 9.17) is 14.2 Å². The summed E-state index contributed by atoms with van der Waals surface area (Å²) in [6.07, 6.45) is 0. The molecule has 6 heteroatoms. The van der Waals surface area contributed by atoms with Crippen molar-refractivity contribution in [2.24, 2.45) is 0 Å². The summed E-state index contributed by atoms with van der Waals surface area (Å²) < 4.78 is 17.5. The van der Waals surface area contributed by atoms with Gasteiger partial charge in [0.1, 0.15) is 37.1 Å². The Morgan fingerprint density at radius 3 is 1.91 bits per heavy atom. The van der Waals surface area contributed by atoms with Gasteiger partial charge >= 0.3 is 0 Å². The van der Waals surface area contributed by atoms with Gasteiger partial charge in [0, 0.05) is 0 Å². The molecule has 0 radical (unpaired) electrons. The number of carbonyl (C=O) groups is 1. The molecule has 0 saturated heterocycles. The smallest absolute Gasteiger partial charge is 0.243 e. The zero-order chi connectivity index (χ0) is 24.1. The van der Waals surface area contributed by atoms with Crippen LogP contribution < -0.4 is 24.8 Å². The monoisotopic (exact) mass is 468 g/mol. The van der Waals surface area contributed by atoms with Gasteiger partial charge in [-0.2, -0.15) is 0 Å². The Morgan fingerprint density at radius 1 is 0.600 bits per heavy atom. The van der Waals surface area contributed by atoms with E-state index in [9.17, 15) is 4.79 Å². The van der Waals surface area contributed by atoms with Crippen LogP contribution in [-0.4, -0.2) is 25.7 Å². The third kappa shape index (κ3) is 7.54. The molecule has 0 bridgehead atoms. The number of carbonyl (C=O) groups excluding carboxylic acids is 1. The van der Waals surface area contributed by atoms with Gasteiger partial charge < -0.3 is 24.8 Å². The third-order valence-electron chi connectivity index (χ3n) is 5.08. The first kappa shape index (κ1) is 23.7. The molecule has 6 nitrogen and oxygen atoms in total. The summed E-state index contributed by atoms with van der Waals surface area (Å²) >= 11 is 0. The van der Waals surface area contributed by atoms with Gasteiger partial charge in [0.2, 0.25) is 5.91 Å². The predicted octanol–water partition coefficient (Wildman–Crippen LogP) is 5.77. The number of hydrogen-bond donors (Lipinski definition) is 2. The highest BCUT2D eigenvalue weighted by atomic mass is 16.5. The zero-order valence-corrected chi connectivity index (χ0v) is 19.4. The number of rotatable bonds is 12. The summed E-state index contributed by atoms with van der Waals surface area (Å²) in [5.74, 6) is 1.88. The minimum Gasteiger partial charge on any atom is -0.490 e. The molecule has 0 spiro atoms. The third-order valence-corrected chi connectivity index (χ3v) is 5.08. The maximum atomic E-state index is 12.7. The molecule has 0 unspecified atom stereocenters. The quantitative estimate of drug-likeness (QED) is 0.258. The van der Waals surface area contributed by atoms with Gasteiger partial charge in [-0.05, 0) is 42.0 Å². The molecule has 0 fully saturated rings. The molecule has 2 N–H and O–H groups in total. The van der Waals surface area contributed by atoms with E-state index in [2.05, 4.69) is 10.6 Å². The molecule has 0 aromatic heterocycles. The van der Waals surface area contributed by atoms with Crippen LogP contribution in [0.15, 0.2) is 109 Å². The predicted molar refractivity (Wildman–Crippen MR) is 138 cm³/mol. The lowest BCUT2D eigenvalue weighted by Gasteiger charge is -2.15. The molecule has 0 heterocycles. The number of amides is 1. The number of hydrogen-bond acceptors (Lipinski definition) is 5. The van der Waals surface area contributed by atoms with E-state index in [1.807, 2.05) is 109 Å². The highest BCUT2D eigenvalue weighted by Gasteiger charge is 2.10. The van der Waals surface area contributed by atoms with Crippen LogP contribution in [0.5, 0.6) is 17.2 Å². The average molecular weight is 469 g/mol. The van der Waals surface area contributed by atoms with Gasteiger partial charge in [0.05, 0.1) is 17.9 Å². The van der Waals surface area contributed by atoms with Crippen molar-refractivity contribution >= 4 is 17.3 Å². The minimum absolute atomic E-state index is 0.0773. The average Bonchev–Trinajstić information content (AvgIpc) is 2.91. The van der Waals surface area contributed by atoms with Gasteiger partial charge in [-0.25, -0.2) is 0 Å². The van der Waals surface area contributed by atoms with Crippen molar-refractivity contribution in [3.8, 4) is 17.2 Å². The maximum Gasteiger partial charge on any atom is 0.243 e. The Labute approximate surface area is 205 Å². The van der Waals surface area contributed by atoms with E-state index in [0.717, 1.165) is 17.0 Å². The van der Waals surface area contributed by atoms with Gasteiger partial charge in [-0.15, -0.1) is 0 Å². The normalized spacial score (nSPS) is 10.3. The van der Waals surface area contributed by atoms with Gasteiger partial charge in [0.25, 0.3) is 0 Å². The van der Waals surface area contributed by atoms with Crippen LogP contribution in [0.2, 0.25) is 0 Å². The van der Waals surface area contributed by atoms with Crippen molar-refractivity contribution in [2.45, 2.75) is 6.61 Å². The maximum absolute atomic E-state index is 12.7. The van der Waals surface area contributed by atoms with Crippen molar-refractivity contribution in [3.63, 3.8) is 0 Å². The fourth-order valence-corrected chi connectivity index (χ4v) is 3.37. The lowest BCUT2D eigenvalue weighted by Crippen LogP contribution is -2.22. The summed E-state index contributed by atoms with van der Waals surface area (Å²) in [6, 6.07) is 34.4. The zero-order valence-electron chi connectivity index (χ0n) is 19.4. The summed E-state index contributed by atoms with van der Waals surface area (Å²) in [5, 5.41) is 6.07. The molecule has 4 aromatic carbocycles. The SMILES string of the molecule is O=C(CNc1ccccc1OCCOc1ccccc1)Nc1ccccc1OCc1ccccc1. The van der Waals surface area contributed by atoms with Crippen LogP contribution >= 0.6 is 0 Å². The van der Waals surface area contributed by atoms with Gasteiger partial charge in [-0.1, -0.05) is 72.8 Å². The number of benzene rings is 4. The first-order valence-electron chi connectivity index (χ1n) is 11.5. The molecule has 178 valence electrons. The van der Waals surface area contributed by atoms with Crippen LogP contribution in [0.3, 0.4) is 0 Å². The fraction of sp³-hybridized carbons (Fsp3) is 0.138. The van der Waals surface area contributed by atoms with Crippen molar-refractivity contribution in [3.05, 3.63) is 115 Å². The molecular formula is C29H28N2O4. The van der Waals surface area contributed by atoms with E-state index >= 15 is 0 Å². The Kier molecular flexibility index (Phi) is 8.60. The van der Waals surface area contributed by atoms with E-state index in [0.29, 0.717) is 37.0 Å². The second kappa shape index (κ2) is 12.7. The Morgan fingerprint density at radius 2 is 1.17 bits per heavy atom. The number of para-hydroxylation sites is 5. The molecule has 1 amide bonds. The molecule has 4 rings (SSSR count). The standard InChI is InChI=1S/C29H28N2O4/c32-29(31-26-16-8-10-18-28(26)35-22-23-11-3-1-4-12-23)21-30-25-15-7-9-17-27(25)34-20-19-33-24-13-5-2-6-14-24/h1-18,30H,19-22H2,(H,31,32). The second-order valence-electron chi connectivity index (χ2n) is 7.68. The van der Waals surface area contributed by atoms with E-state index in [1.54, 1.807) is 0 Å². The van der Waals surface area contributed by atoms with Crippen molar-refractivity contribution in [1.82, 2.24) is 0 Å². The Bertz CT molecular complexity index is 1200. The molecule has 4 aromatic rings. The summed E-state index contributed by atoms with van der Waals surface area (Å²) in [4.78, 5) is 12.7. The molecule has 0 aliphatic carbocycles. The van der Waals surface area contributed by atoms with E-state index in [-0.39, 0.29) is 12.5 Å². The highest BCUT2D eigenvalue weighted by Crippen LogP contribution is 2.26. The molecule has 35 heavy (non-hydrogen) atoms. The second-order valence-corrected chi connectivity index (χ2v) is 7.68. The number of anilines is 2. The van der Waals surface area contributed by atoms with Crippen molar-refractivity contribution in [1.29, 1.82) is 0 Å². The minimum atomic E-state index is -0.192. The summed E-state index contributed by atoms with van der Waals surface area (Å²) in [5.41, 5.74) is 2.41. The lowest BCUT2D eigenvalue weighted by atomic mass is 10.2. The topological polar surface area (TPSA) is 68.8 Å². The molecular weight excluding hydrogens is 440 g/mol. The molecule has 0 aliphatic rings. The molecule has 0 saturated carbocycles. The van der Waals surface area contributed by atoms with Gasteiger partial charge in [0.15, 0.2) is 0 Å². The summed E-state index contributed by atoms with van der Waals surface area (Å²) in [6.45, 7) is 1.29. The van der Waals surface area contributed by atoms with E-state index in [1.165, 1.54) is 0 Å². The lowest BCUT2D eigenvalue weighted by molar-refractivity contribution is -0.114. The first-order chi connectivity index (χ1) is 17.3. The van der Waals surface area contributed by atoms with Crippen LogP contribution in [-0.2, 0) is 11.4 Å².